The Morgan fingerprint density at radius 2 is 1.16 bits per heavy atom. The van der Waals surface area contributed by atoms with Crippen LogP contribution in [0.3, 0.4) is 0 Å². The van der Waals surface area contributed by atoms with E-state index in [9.17, 15) is 0 Å². The molecule has 186 valence electrons. The van der Waals surface area contributed by atoms with E-state index in [0.717, 1.165) is 18.4 Å². The van der Waals surface area contributed by atoms with Gasteiger partial charge in [0.15, 0.2) is 0 Å². The molecular weight excluding hydrogens is 374 g/mol. The standard InChI is InChI=1S/C30H61N/c1-22-24(29(22,11)12)20-28(9,10)26(5,6)17-15-16-18-27(7,8)30(13,14)23(21-31)19-25(2,3)4/h22-24H,15-21,31H2,1-14H3. The summed E-state index contributed by atoms with van der Waals surface area (Å²) >= 11 is 0. The van der Waals surface area contributed by atoms with E-state index in [0.29, 0.717) is 33.0 Å². The fraction of sp³-hybridized carbons (Fsp3) is 1.00. The molecule has 0 aromatic carbocycles. The minimum atomic E-state index is 0.248. The van der Waals surface area contributed by atoms with Crippen LogP contribution in [-0.2, 0) is 0 Å². The molecule has 0 radical (unpaired) electrons. The molecular formula is C30H61N. The Kier molecular flexibility index (Phi) is 8.70. The van der Waals surface area contributed by atoms with E-state index >= 15 is 0 Å². The minimum Gasteiger partial charge on any atom is -0.330 e. The molecule has 0 aromatic rings. The van der Waals surface area contributed by atoms with E-state index in [1.807, 2.05) is 0 Å². The summed E-state index contributed by atoms with van der Waals surface area (Å²) in [7, 11) is 0. The molecule has 31 heavy (non-hydrogen) atoms. The molecule has 1 saturated carbocycles. The van der Waals surface area contributed by atoms with E-state index in [4.69, 9.17) is 5.73 Å². The molecule has 0 saturated heterocycles. The molecule has 1 heteroatoms. The molecule has 1 rings (SSSR count). The maximum absolute atomic E-state index is 6.30. The number of unbranched alkanes of at least 4 members (excludes halogenated alkanes) is 1. The summed E-state index contributed by atoms with van der Waals surface area (Å²) in [4.78, 5) is 0. The van der Waals surface area contributed by atoms with Crippen LogP contribution in [0, 0.1) is 50.2 Å². The lowest BCUT2D eigenvalue weighted by Gasteiger charge is -2.49. The van der Waals surface area contributed by atoms with Gasteiger partial charge in [-0.25, -0.2) is 0 Å². The zero-order valence-electron chi connectivity index (χ0n) is 24.3. The molecule has 0 aliphatic heterocycles. The van der Waals surface area contributed by atoms with Crippen molar-refractivity contribution >= 4 is 0 Å². The monoisotopic (exact) mass is 435 g/mol. The summed E-state index contributed by atoms with van der Waals surface area (Å²) < 4.78 is 0. The van der Waals surface area contributed by atoms with Crippen molar-refractivity contribution in [1.82, 2.24) is 0 Å². The zero-order valence-corrected chi connectivity index (χ0v) is 24.3. The molecule has 0 aromatic heterocycles. The predicted octanol–water partition coefficient (Wildman–Crippen LogP) is 9.34. The second-order valence-electron chi connectivity index (χ2n) is 15.7. The van der Waals surface area contributed by atoms with Crippen molar-refractivity contribution in [2.75, 3.05) is 6.54 Å². The molecule has 0 bridgehead atoms. The van der Waals surface area contributed by atoms with Crippen LogP contribution in [0.5, 0.6) is 0 Å². The Hall–Kier alpha value is -0.0400. The first-order valence-corrected chi connectivity index (χ1v) is 13.3. The maximum Gasteiger partial charge on any atom is -0.00434 e. The van der Waals surface area contributed by atoms with E-state index in [-0.39, 0.29) is 5.41 Å². The lowest BCUT2D eigenvalue weighted by Crippen LogP contribution is -2.44. The largest absolute Gasteiger partial charge is 0.330 e. The Labute approximate surface area is 198 Å². The summed E-state index contributed by atoms with van der Waals surface area (Å²) in [6, 6.07) is 0. The lowest BCUT2D eigenvalue weighted by atomic mass is 9.56. The molecule has 1 aliphatic rings. The first-order chi connectivity index (χ1) is 13.6. The van der Waals surface area contributed by atoms with Crippen LogP contribution >= 0.6 is 0 Å². The molecule has 0 amide bonds. The third-order valence-corrected chi connectivity index (χ3v) is 10.9. The van der Waals surface area contributed by atoms with Crippen molar-refractivity contribution in [2.45, 2.75) is 135 Å². The second-order valence-corrected chi connectivity index (χ2v) is 15.7. The Balaban J connectivity index is 2.66. The number of nitrogens with two attached hydrogens (primary N) is 1. The highest BCUT2D eigenvalue weighted by atomic mass is 14.6. The fourth-order valence-electron chi connectivity index (χ4n) is 6.00. The van der Waals surface area contributed by atoms with Crippen LogP contribution in [0.2, 0.25) is 0 Å². The molecule has 1 fully saturated rings. The second kappa shape index (κ2) is 9.31. The quantitative estimate of drug-likeness (QED) is 0.303. The van der Waals surface area contributed by atoms with Gasteiger partial charge < -0.3 is 5.73 Å². The van der Waals surface area contributed by atoms with Gasteiger partial charge in [-0.05, 0) is 82.5 Å². The SMILES string of the molecule is CC1C(CC(C)(C)C(C)(C)CCCCC(C)(C)C(C)(C)C(CN)CC(C)(C)C)C1(C)C. The number of rotatable bonds is 12. The van der Waals surface area contributed by atoms with E-state index in [1.54, 1.807) is 0 Å². The van der Waals surface area contributed by atoms with Gasteiger partial charge in [-0.3, -0.25) is 0 Å². The van der Waals surface area contributed by atoms with Crippen molar-refractivity contribution in [3.05, 3.63) is 0 Å². The first-order valence-electron chi connectivity index (χ1n) is 13.3. The van der Waals surface area contributed by atoms with Crippen LogP contribution in [0.15, 0.2) is 0 Å². The number of hydrogen-bond donors (Lipinski definition) is 1. The van der Waals surface area contributed by atoms with Crippen molar-refractivity contribution in [3.8, 4) is 0 Å². The predicted molar refractivity (Wildman–Crippen MR) is 141 cm³/mol. The third kappa shape index (κ3) is 6.74. The Morgan fingerprint density at radius 1 is 0.742 bits per heavy atom. The molecule has 1 aliphatic carbocycles. The van der Waals surface area contributed by atoms with Gasteiger partial charge in [-0.15, -0.1) is 0 Å². The van der Waals surface area contributed by atoms with Gasteiger partial charge in [0, 0.05) is 0 Å². The summed E-state index contributed by atoms with van der Waals surface area (Å²) in [5, 5.41) is 0. The molecule has 3 atom stereocenters. The molecule has 2 N–H and O–H groups in total. The summed E-state index contributed by atoms with van der Waals surface area (Å²) in [6.45, 7) is 35.3. The normalized spacial score (nSPS) is 23.7. The average Bonchev–Trinajstić information content (AvgIpc) is 3.04. The highest BCUT2D eigenvalue weighted by molar-refractivity contribution is 5.05. The Bertz CT molecular complexity index is 570. The van der Waals surface area contributed by atoms with Crippen LogP contribution in [-0.4, -0.2) is 6.54 Å². The van der Waals surface area contributed by atoms with Crippen LogP contribution in [0.4, 0.5) is 0 Å². The third-order valence-electron chi connectivity index (χ3n) is 10.9. The maximum atomic E-state index is 6.30. The highest BCUT2D eigenvalue weighted by Gasteiger charge is 2.57. The van der Waals surface area contributed by atoms with Gasteiger partial charge in [0.1, 0.15) is 0 Å². The van der Waals surface area contributed by atoms with Crippen LogP contribution in [0.1, 0.15) is 135 Å². The van der Waals surface area contributed by atoms with Crippen molar-refractivity contribution in [1.29, 1.82) is 0 Å². The van der Waals surface area contributed by atoms with Crippen molar-refractivity contribution in [2.24, 2.45) is 56.0 Å². The highest BCUT2D eigenvalue weighted by Crippen LogP contribution is 2.64. The topological polar surface area (TPSA) is 26.0 Å². The number of hydrogen-bond acceptors (Lipinski definition) is 1. The molecule has 3 unspecified atom stereocenters. The smallest absolute Gasteiger partial charge is 0.00434 e. The van der Waals surface area contributed by atoms with Gasteiger partial charge in [0.2, 0.25) is 0 Å². The minimum absolute atomic E-state index is 0.248. The average molecular weight is 436 g/mol. The van der Waals surface area contributed by atoms with Crippen molar-refractivity contribution in [3.63, 3.8) is 0 Å². The molecule has 1 nitrogen and oxygen atoms in total. The van der Waals surface area contributed by atoms with E-state index < -0.39 is 0 Å². The van der Waals surface area contributed by atoms with Crippen LogP contribution < -0.4 is 5.73 Å². The van der Waals surface area contributed by atoms with E-state index in [1.165, 1.54) is 38.5 Å². The van der Waals surface area contributed by atoms with E-state index in [2.05, 4.69) is 96.9 Å². The van der Waals surface area contributed by atoms with Crippen molar-refractivity contribution < 1.29 is 0 Å². The van der Waals surface area contributed by atoms with Gasteiger partial charge in [-0.2, -0.15) is 0 Å². The molecule has 0 heterocycles. The Morgan fingerprint density at radius 3 is 1.52 bits per heavy atom. The zero-order chi connectivity index (χ0) is 24.7. The fourth-order valence-corrected chi connectivity index (χ4v) is 6.00. The van der Waals surface area contributed by atoms with Crippen LogP contribution in [0.25, 0.3) is 0 Å². The summed E-state index contributed by atoms with van der Waals surface area (Å²) in [5.74, 6) is 2.36. The summed E-state index contributed by atoms with van der Waals surface area (Å²) in [6.07, 6.45) is 7.87. The van der Waals surface area contributed by atoms with Gasteiger partial charge in [0.05, 0.1) is 0 Å². The summed E-state index contributed by atoms with van der Waals surface area (Å²) in [5.41, 5.74) is 8.51. The first kappa shape index (κ1) is 29.0. The van der Waals surface area contributed by atoms with Gasteiger partial charge >= 0.3 is 0 Å². The van der Waals surface area contributed by atoms with Gasteiger partial charge in [0.25, 0.3) is 0 Å². The van der Waals surface area contributed by atoms with Gasteiger partial charge in [-0.1, -0.05) is 110 Å². The lowest BCUT2D eigenvalue weighted by molar-refractivity contribution is 0.0114. The molecule has 0 spiro atoms.